The zero-order valence-electron chi connectivity index (χ0n) is 13.3. The molecule has 1 N–H and O–H groups in total. The van der Waals surface area contributed by atoms with Crippen molar-refractivity contribution in [3.05, 3.63) is 72.8 Å². The first-order valence-corrected chi connectivity index (χ1v) is 9.09. The van der Waals surface area contributed by atoms with Crippen molar-refractivity contribution in [2.24, 2.45) is 0 Å². The number of sulfonamides is 1. The van der Waals surface area contributed by atoms with Crippen LogP contribution in [0.15, 0.2) is 76.3 Å². The minimum Gasteiger partial charge on any atom is -0.436 e. The number of hydrogen-bond acceptors (Lipinski definition) is 5. The fourth-order valence-corrected chi connectivity index (χ4v) is 3.53. The lowest BCUT2D eigenvalue weighted by Crippen LogP contribution is -2.13. The van der Waals surface area contributed by atoms with Gasteiger partial charge in [-0.25, -0.2) is 17.8 Å². The summed E-state index contributed by atoms with van der Waals surface area (Å²) in [5, 5.41) is 0. The Hall–Kier alpha value is -3.26. The van der Waals surface area contributed by atoms with Gasteiger partial charge in [0.2, 0.25) is 5.89 Å². The molecular weight excluding hydrogens is 357 g/mol. The summed E-state index contributed by atoms with van der Waals surface area (Å²) >= 11 is 0. The highest BCUT2D eigenvalue weighted by Crippen LogP contribution is 2.29. The van der Waals surface area contributed by atoms with Crippen molar-refractivity contribution >= 4 is 26.8 Å². The first kappa shape index (κ1) is 16.2. The predicted octanol–water partition coefficient (Wildman–Crippen LogP) is 3.83. The van der Waals surface area contributed by atoms with Crippen LogP contribution in [0, 0.1) is 5.82 Å². The number of benzene rings is 2. The molecule has 0 unspecified atom stereocenters. The van der Waals surface area contributed by atoms with Crippen molar-refractivity contribution in [2.75, 3.05) is 4.72 Å². The molecule has 0 atom stereocenters. The highest BCUT2D eigenvalue weighted by molar-refractivity contribution is 7.92. The molecule has 0 spiro atoms. The normalized spacial score (nSPS) is 11.6. The summed E-state index contributed by atoms with van der Waals surface area (Å²) in [4.78, 5) is 8.29. The van der Waals surface area contributed by atoms with E-state index in [1.807, 2.05) is 0 Å². The van der Waals surface area contributed by atoms with Crippen molar-refractivity contribution in [1.29, 1.82) is 0 Å². The third kappa shape index (κ3) is 3.02. The Morgan fingerprint density at radius 2 is 1.69 bits per heavy atom. The van der Waals surface area contributed by atoms with Crippen LogP contribution in [0.1, 0.15) is 0 Å². The number of pyridine rings is 1. The van der Waals surface area contributed by atoms with E-state index in [4.69, 9.17) is 4.42 Å². The van der Waals surface area contributed by atoms with Crippen LogP contribution in [-0.4, -0.2) is 18.4 Å². The van der Waals surface area contributed by atoms with Gasteiger partial charge in [-0.05, 0) is 48.5 Å². The standard InChI is InChI=1S/C18H12FN3O3S/c19-13-4-6-14(7-5-13)26(23,24)22-15-2-1-3-16-17(15)21-18(25-16)12-8-10-20-11-9-12/h1-11,22H. The molecule has 0 saturated carbocycles. The van der Waals surface area contributed by atoms with Crippen molar-refractivity contribution in [3.63, 3.8) is 0 Å². The second-order valence-electron chi connectivity index (χ2n) is 5.47. The summed E-state index contributed by atoms with van der Waals surface area (Å²) in [5.41, 5.74) is 1.82. The number of nitrogens with one attached hydrogen (secondary N) is 1. The maximum atomic E-state index is 13.0. The molecule has 2 heterocycles. The van der Waals surface area contributed by atoms with Gasteiger partial charge < -0.3 is 4.42 Å². The van der Waals surface area contributed by atoms with Gasteiger partial charge in [-0.15, -0.1) is 0 Å². The lowest BCUT2D eigenvalue weighted by Gasteiger charge is -2.08. The smallest absolute Gasteiger partial charge is 0.261 e. The first-order chi connectivity index (χ1) is 12.5. The fraction of sp³-hybridized carbons (Fsp3) is 0. The molecule has 4 aromatic rings. The number of oxazole rings is 1. The monoisotopic (exact) mass is 369 g/mol. The molecule has 4 rings (SSSR count). The van der Waals surface area contributed by atoms with E-state index in [0.717, 1.165) is 17.7 Å². The highest BCUT2D eigenvalue weighted by Gasteiger charge is 2.18. The number of nitrogens with zero attached hydrogens (tertiary/aromatic N) is 2. The summed E-state index contributed by atoms with van der Waals surface area (Å²) in [7, 11) is -3.89. The lowest BCUT2D eigenvalue weighted by molar-refractivity contribution is 0.599. The van der Waals surface area contributed by atoms with E-state index < -0.39 is 15.8 Å². The van der Waals surface area contributed by atoms with Crippen LogP contribution in [0.5, 0.6) is 0 Å². The van der Waals surface area contributed by atoms with Crippen LogP contribution in [0.3, 0.4) is 0 Å². The maximum absolute atomic E-state index is 13.0. The summed E-state index contributed by atoms with van der Waals surface area (Å²) in [5.74, 6) is -0.152. The van der Waals surface area contributed by atoms with Gasteiger partial charge in [0.15, 0.2) is 5.58 Å². The summed E-state index contributed by atoms with van der Waals surface area (Å²) < 4.78 is 46.3. The Kier molecular flexibility index (Phi) is 3.89. The van der Waals surface area contributed by atoms with Gasteiger partial charge in [0.1, 0.15) is 11.3 Å². The second-order valence-corrected chi connectivity index (χ2v) is 7.15. The van der Waals surface area contributed by atoms with Gasteiger partial charge in [-0.3, -0.25) is 9.71 Å². The Morgan fingerprint density at radius 1 is 0.962 bits per heavy atom. The summed E-state index contributed by atoms with van der Waals surface area (Å²) in [6.45, 7) is 0. The predicted molar refractivity (Wildman–Crippen MR) is 94.4 cm³/mol. The highest BCUT2D eigenvalue weighted by atomic mass is 32.2. The molecule has 6 nitrogen and oxygen atoms in total. The first-order valence-electron chi connectivity index (χ1n) is 7.61. The van der Waals surface area contributed by atoms with E-state index in [0.29, 0.717) is 17.0 Å². The minimum absolute atomic E-state index is 0.0474. The average Bonchev–Trinajstić information content (AvgIpc) is 3.08. The van der Waals surface area contributed by atoms with Crippen molar-refractivity contribution in [1.82, 2.24) is 9.97 Å². The largest absolute Gasteiger partial charge is 0.436 e. The number of rotatable bonds is 4. The molecule has 2 aromatic heterocycles. The Morgan fingerprint density at radius 3 is 2.42 bits per heavy atom. The van der Waals surface area contributed by atoms with Crippen molar-refractivity contribution < 1.29 is 17.2 Å². The second kappa shape index (κ2) is 6.23. The van der Waals surface area contributed by atoms with E-state index in [2.05, 4.69) is 14.7 Å². The van der Waals surface area contributed by atoms with E-state index in [1.165, 1.54) is 12.1 Å². The van der Waals surface area contributed by atoms with Gasteiger partial charge >= 0.3 is 0 Å². The number of para-hydroxylation sites is 1. The molecule has 0 radical (unpaired) electrons. The van der Waals surface area contributed by atoms with Gasteiger partial charge in [0.05, 0.1) is 10.6 Å². The SMILES string of the molecule is O=S(=O)(Nc1cccc2oc(-c3ccncc3)nc12)c1ccc(F)cc1. The minimum atomic E-state index is -3.89. The number of anilines is 1. The van der Waals surface area contributed by atoms with Crippen LogP contribution in [0.2, 0.25) is 0 Å². The number of halogens is 1. The molecule has 26 heavy (non-hydrogen) atoms. The van der Waals surface area contributed by atoms with Crippen LogP contribution < -0.4 is 4.72 Å². The van der Waals surface area contributed by atoms with Gasteiger partial charge in [0, 0.05) is 18.0 Å². The maximum Gasteiger partial charge on any atom is 0.261 e. The Balaban J connectivity index is 1.75. The van der Waals surface area contributed by atoms with Crippen molar-refractivity contribution in [3.8, 4) is 11.5 Å². The van der Waals surface area contributed by atoms with E-state index >= 15 is 0 Å². The van der Waals surface area contributed by atoms with Crippen LogP contribution in [-0.2, 0) is 10.0 Å². The van der Waals surface area contributed by atoms with Gasteiger partial charge in [-0.2, -0.15) is 0 Å². The van der Waals surface area contributed by atoms with Crippen molar-refractivity contribution in [2.45, 2.75) is 4.90 Å². The quantitative estimate of drug-likeness (QED) is 0.591. The topological polar surface area (TPSA) is 85.1 Å². The van der Waals surface area contributed by atoms with E-state index in [-0.39, 0.29) is 10.6 Å². The molecule has 0 fully saturated rings. The Labute approximate surface area is 148 Å². The Bertz CT molecular complexity index is 1170. The van der Waals surface area contributed by atoms with E-state index in [1.54, 1.807) is 42.7 Å². The molecule has 0 aliphatic rings. The number of aromatic nitrogens is 2. The number of fused-ring (bicyclic) bond motifs is 1. The summed E-state index contributed by atoms with van der Waals surface area (Å²) in [6.07, 6.45) is 3.23. The van der Waals surface area contributed by atoms with Crippen LogP contribution in [0.25, 0.3) is 22.6 Å². The van der Waals surface area contributed by atoms with Crippen LogP contribution >= 0.6 is 0 Å². The molecule has 0 bridgehead atoms. The molecule has 8 heteroatoms. The molecule has 0 amide bonds. The molecule has 0 aliphatic carbocycles. The summed E-state index contributed by atoms with van der Waals surface area (Å²) in [6, 6.07) is 13.0. The van der Waals surface area contributed by atoms with Gasteiger partial charge in [-0.1, -0.05) is 6.07 Å². The molecular formula is C18H12FN3O3S. The average molecular weight is 369 g/mol. The zero-order valence-corrected chi connectivity index (χ0v) is 14.1. The molecule has 0 aliphatic heterocycles. The molecule has 0 saturated heterocycles. The molecule has 2 aromatic carbocycles. The fourth-order valence-electron chi connectivity index (χ4n) is 2.47. The van der Waals surface area contributed by atoms with Gasteiger partial charge in [0.25, 0.3) is 10.0 Å². The third-order valence-corrected chi connectivity index (χ3v) is 5.10. The lowest BCUT2D eigenvalue weighted by atomic mass is 10.3. The third-order valence-electron chi connectivity index (χ3n) is 3.71. The zero-order chi connectivity index (χ0) is 18.1. The number of hydrogen-bond donors (Lipinski definition) is 1. The van der Waals surface area contributed by atoms with E-state index in [9.17, 15) is 12.8 Å². The molecule has 130 valence electrons. The van der Waals surface area contributed by atoms with Crippen LogP contribution in [0.4, 0.5) is 10.1 Å².